The lowest BCUT2D eigenvalue weighted by atomic mass is 9.95. The topological polar surface area (TPSA) is 57.2 Å². The molecule has 1 N–H and O–H groups in total. The summed E-state index contributed by atoms with van der Waals surface area (Å²) >= 11 is 0. The first-order valence-electron chi connectivity index (χ1n) is 8.03. The Morgan fingerprint density at radius 3 is 2.24 bits per heavy atom. The van der Waals surface area contributed by atoms with Gasteiger partial charge in [-0.25, -0.2) is 0 Å². The van der Waals surface area contributed by atoms with E-state index in [1.807, 2.05) is 54.6 Å². The van der Waals surface area contributed by atoms with Gasteiger partial charge in [-0.3, -0.25) is 0 Å². The molecule has 0 saturated heterocycles. The Morgan fingerprint density at radius 2 is 1.52 bits per heavy atom. The van der Waals surface area contributed by atoms with Gasteiger partial charge in [0.1, 0.15) is 17.4 Å². The average Bonchev–Trinajstić information content (AvgIpc) is 3.08. The third-order valence-corrected chi connectivity index (χ3v) is 4.30. The summed E-state index contributed by atoms with van der Waals surface area (Å²) in [7, 11) is 0. The van der Waals surface area contributed by atoms with Crippen LogP contribution in [0.4, 0.5) is 0 Å². The number of nitriles is 1. The molecule has 0 radical (unpaired) electrons. The SMILES string of the molecule is N#Cc1ccc(C(O)c2c(-c3ccccc3)oc3ccccc23)cc1. The smallest absolute Gasteiger partial charge is 0.141 e. The molecule has 3 heteroatoms. The summed E-state index contributed by atoms with van der Waals surface area (Å²) in [5, 5.41) is 20.9. The zero-order chi connectivity index (χ0) is 17.2. The standard InChI is InChI=1S/C22H15NO2/c23-14-15-10-12-16(13-11-15)21(24)20-18-8-4-5-9-19(18)25-22(20)17-6-2-1-3-7-17/h1-13,21,24H. The first-order valence-corrected chi connectivity index (χ1v) is 8.03. The number of hydrogen-bond donors (Lipinski definition) is 1. The van der Waals surface area contributed by atoms with Gasteiger partial charge in [0, 0.05) is 16.5 Å². The van der Waals surface area contributed by atoms with Crippen molar-refractivity contribution in [3.63, 3.8) is 0 Å². The second-order valence-corrected chi connectivity index (χ2v) is 5.84. The number of furan rings is 1. The number of benzene rings is 3. The maximum absolute atomic E-state index is 11.0. The molecule has 120 valence electrons. The molecule has 1 atom stereocenters. The fourth-order valence-electron chi connectivity index (χ4n) is 3.05. The van der Waals surface area contributed by atoms with Gasteiger partial charge in [-0.05, 0) is 23.8 Å². The van der Waals surface area contributed by atoms with Gasteiger partial charge in [0.25, 0.3) is 0 Å². The van der Waals surface area contributed by atoms with E-state index in [2.05, 4.69) is 6.07 Å². The molecule has 0 spiro atoms. The number of rotatable bonds is 3. The van der Waals surface area contributed by atoms with Crippen molar-refractivity contribution in [1.29, 1.82) is 5.26 Å². The highest BCUT2D eigenvalue weighted by Gasteiger charge is 2.23. The van der Waals surface area contributed by atoms with Crippen LogP contribution in [0.1, 0.15) is 22.8 Å². The van der Waals surface area contributed by atoms with Crippen molar-refractivity contribution in [1.82, 2.24) is 0 Å². The number of para-hydroxylation sites is 1. The van der Waals surface area contributed by atoms with E-state index in [1.54, 1.807) is 24.3 Å². The van der Waals surface area contributed by atoms with Gasteiger partial charge in [0.05, 0.1) is 11.6 Å². The minimum atomic E-state index is -0.841. The lowest BCUT2D eigenvalue weighted by molar-refractivity contribution is 0.221. The number of hydrogen-bond acceptors (Lipinski definition) is 3. The Hall–Kier alpha value is -3.35. The van der Waals surface area contributed by atoms with Crippen LogP contribution >= 0.6 is 0 Å². The summed E-state index contributed by atoms with van der Waals surface area (Å²) in [5.74, 6) is 0.665. The predicted molar refractivity (Wildman–Crippen MR) is 96.9 cm³/mol. The molecule has 3 aromatic carbocycles. The van der Waals surface area contributed by atoms with Crippen molar-refractivity contribution in [3.05, 3.63) is 95.6 Å². The zero-order valence-corrected chi connectivity index (χ0v) is 13.4. The zero-order valence-electron chi connectivity index (χ0n) is 13.4. The van der Waals surface area contributed by atoms with Crippen molar-refractivity contribution in [2.24, 2.45) is 0 Å². The molecule has 4 rings (SSSR count). The number of fused-ring (bicyclic) bond motifs is 1. The molecule has 1 heterocycles. The van der Waals surface area contributed by atoms with Gasteiger partial charge in [-0.1, -0.05) is 60.7 Å². The second kappa shape index (κ2) is 6.27. The van der Waals surface area contributed by atoms with Crippen LogP contribution in [-0.4, -0.2) is 5.11 Å². The van der Waals surface area contributed by atoms with Crippen molar-refractivity contribution in [2.45, 2.75) is 6.10 Å². The van der Waals surface area contributed by atoms with E-state index in [0.29, 0.717) is 11.3 Å². The second-order valence-electron chi connectivity index (χ2n) is 5.84. The molecule has 4 aromatic rings. The van der Waals surface area contributed by atoms with Gasteiger partial charge >= 0.3 is 0 Å². The molecular weight excluding hydrogens is 310 g/mol. The summed E-state index contributed by atoms with van der Waals surface area (Å²) in [5.41, 5.74) is 3.69. The lowest BCUT2D eigenvalue weighted by Gasteiger charge is -2.12. The minimum Gasteiger partial charge on any atom is -0.456 e. The third-order valence-electron chi connectivity index (χ3n) is 4.30. The van der Waals surface area contributed by atoms with Crippen LogP contribution in [-0.2, 0) is 0 Å². The molecule has 25 heavy (non-hydrogen) atoms. The quantitative estimate of drug-likeness (QED) is 0.573. The van der Waals surface area contributed by atoms with E-state index in [4.69, 9.17) is 9.68 Å². The van der Waals surface area contributed by atoms with Gasteiger partial charge in [0.15, 0.2) is 0 Å². The first-order chi connectivity index (χ1) is 12.3. The van der Waals surface area contributed by atoms with Gasteiger partial charge in [-0.15, -0.1) is 0 Å². The third kappa shape index (κ3) is 2.69. The largest absolute Gasteiger partial charge is 0.456 e. The Balaban J connectivity index is 1.91. The van der Waals surface area contributed by atoms with Crippen molar-refractivity contribution >= 4 is 11.0 Å². The van der Waals surface area contributed by atoms with Gasteiger partial charge < -0.3 is 9.52 Å². The maximum Gasteiger partial charge on any atom is 0.141 e. The molecule has 0 aliphatic heterocycles. The Bertz CT molecular complexity index is 1060. The lowest BCUT2D eigenvalue weighted by Crippen LogP contribution is -2.00. The van der Waals surface area contributed by atoms with Crippen LogP contribution < -0.4 is 0 Å². The van der Waals surface area contributed by atoms with Crippen molar-refractivity contribution < 1.29 is 9.52 Å². The van der Waals surface area contributed by atoms with E-state index in [0.717, 1.165) is 27.7 Å². The van der Waals surface area contributed by atoms with E-state index in [1.165, 1.54) is 0 Å². The van der Waals surface area contributed by atoms with Crippen LogP contribution in [0, 0.1) is 11.3 Å². The molecule has 0 bridgehead atoms. The number of aliphatic hydroxyl groups excluding tert-OH is 1. The highest BCUT2D eigenvalue weighted by atomic mass is 16.3. The van der Waals surface area contributed by atoms with E-state index < -0.39 is 6.10 Å². The van der Waals surface area contributed by atoms with Crippen LogP contribution in [0.2, 0.25) is 0 Å². The molecular formula is C22H15NO2. The van der Waals surface area contributed by atoms with E-state index >= 15 is 0 Å². The van der Waals surface area contributed by atoms with Gasteiger partial charge in [-0.2, -0.15) is 5.26 Å². The molecule has 0 amide bonds. The Labute approximate surface area is 145 Å². The number of aliphatic hydroxyl groups is 1. The van der Waals surface area contributed by atoms with Crippen LogP contribution in [0.3, 0.4) is 0 Å². The van der Waals surface area contributed by atoms with E-state index in [9.17, 15) is 5.11 Å². The average molecular weight is 325 g/mol. The summed E-state index contributed by atoms with van der Waals surface area (Å²) in [6.45, 7) is 0. The molecule has 0 aliphatic carbocycles. The van der Waals surface area contributed by atoms with Gasteiger partial charge in [0.2, 0.25) is 0 Å². The molecule has 3 nitrogen and oxygen atoms in total. The highest BCUT2D eigenvalue weighted by Crippen LogP contribution is 2.39. The monoisotopic (exact) mass is 325 g/mol. The summed E-state index contributed by atoms with van der Waals surface area (Å²) in [6.07, 6.45) is -0.841. The predicted octanol–water partition coefficient (Wildman–Crippen LogP) is 5.05. The first kappa shape index (κ1) is 15.2. The number of nitrogens with zero attached hydrogens (tertiary/aromatic N) is 1. The highest BCUT2D eigenvalue weighted by molar-refractivity contribution is 5.88. The van der Waals surface area contributed by atoms with Crippen LogP contribution in [0.5, 0.6) is 0 Å². The Morgan fingerprint density at radius 1 is 0.840 bits per heavy atom. The van der Waals surface area contributed by atoms with E-state index in [-0.39, 0.29) is 0 Å². The normalized spacial score (nSPS) is 12.0. The molecule has 0 aliphatic rings. The van der Waals surface area contributed by atoms with Crippen LogP contribution in [0.25, 0.3) is 22.3 Å². The minimum absolute atomic E-state index is 0.566. The van der Waals surface area contributed by atoms with Crippen molar-refractivity contribution in [3.8, 4) is 17.4 Å². The molecule has 0 fully saturated rings. The molecule has 0 saturated carbocycles. The van der Waals surface area contributed by atoms with Crippen LogP contribution in [0.15, 0.2) is 83.3 Å². The molecule has 1 unspecified atom stereocenters. The fourth-order valence-corrected chi connectivity index (χ4v) is 3.05. The molecule has 1 aromatic heterocycles. The fraction of sp³-hybridized carbons (Fsp3) is 0.0455. The summed E-state index contributed by atoms with van der Waals surface area (Å²) in [4.78, 5) is 0. The summed E-state index contributed by atoms with van der Waals surface area (Å²) < 4.78 is 6.06. The Kier molecular flexibility index (Phi) is 3.81. The van der Waals surface area contributed by atoms with Crippen molar-refractivity contribution in [2.75, 3.05) is 0 Å². The maximum atomic E-state index is 11.0. The summed E-state index contributed by atoms with van der Waals surface area (Å²) in [6, 6.07) is 26.5.